The van der Waals surface area contributed by atoms with Gasteiger partial charge in [-0.2, -0.15) is 0 Å². The monoisotopic (exact) mass is 248 g/mol. The highest BCUT2D eigenvalue weighted by molar-refractivity contribution is 5.77. The maximum Gasteiger partial charge on any atom is 0.224 e. The molecule has 1 aliphatic heterocycles. The van der Waals surface area contributed by atoms with Gasteiger partial charge in [0.1, 0.15) is 5.75 Å². The fourth-order valence-corrected chi connectivity index (χ4v) is 2.35. The Balaban J connectivity index is 2.39. The highest BCUT2D eigenvalue weighted by atomic mass is 16.5. The number of carbonyl (C=O) groups excluding carboxylic acids is 1. The van der Waals surface area contributed by atoms with Gasteiger partial charge >= 0.3 is 0 Å². The van der Waals surface area contributed by atoms with Crippen LogP contribution in [0.25, 0.3) is 0 Å². The number of nitrogens with one attached hydrogen (secondary N) is 1. The summed E-state index contributed by atoms with van der Waals surface area (Å²) >= 11 is 0. The van der Waals surface area contributed by atoms with Crippen molar-refractivity contribution in [3.63, 3.8) is 0 Å². The minimum atomic E-state index is 0.0369. The maximum absolute atomic E-state index is 11.9. The summed E-state index contributed by atoms with van der Waals surface area (Å²) in [5.74, 6) is 1.02. The highest BCUT2D eigenvalue weighted by Crippen LogP contribution is 2.30. The van der Waals surface area contributed by atoms with E-state index >= 15 is 0 Å². The number of amides is 1. The summed E-state index contributed by atoms with van der Waals surface area (Å²) in [6.45, 7) is 3.56. The molecule has 1 amide bonds. The van der Waals surface area contributed by atoms with Gasteiger partial charge in [0.2, 0.25) is 5.91 Å². The molecule has 1 atom stereocenters. The molecule has 4 nitrogen and oxygen atoms in total. The van der Waals surface area contributed by atoms with Gasteiger partial charge in [-0.15, -0.1) is 0 Å². The number of methoxy groups -OCH3 is 1. The summed E-state index contributed by atoms with van der Waals surface area (Å²) in [7, 11) is 3.53. The molecule has 1 saturated heterocycles. The van der Waals surface area contributed by atoms with E-state index in [9.17, 15) is 4.79 Å². The first-order valence-electron chi connectivity index (χ1n) is 6.24. The van der Waals surface area contributed by atoms with Crippen molar-refractivity contribution < 1.29 is 9.53 Å². The van der Waals surface area contributed by atoms with E-state index in [0.29, 0.717) is 6.42 Å². The largest absolute Gasteiger partial charge is 0.496 e. The summed E-state index contributed by atoms with van der Waals surface area (Å²) in [6, 6.07) is 6.12. The van der Waals surface area contributed by atoms with Crippen LogP contribution in [0.3, 0.4) is 0 Å². The minimum absolute atomic E-state index is 0.0369. The van der Waals surface area contributed by atoms with E-state index in [4.69, 9.17) is 4.74 Å². The molecule has 2 rings (SSSR count). The molecule has 1 N–H and O–H groups in total. The Kier molecular flexibility index (Phi) is 3.87. The number of benzene rings is 1. The summed E-state index contributed by atoms with van der Waals surface area (Å²) in [5.41, 5.74) is 2.25. The first-order valence-corrected chi connectivity index (χ1v) is 6.24. The average molecular weight is 248 g/mol. The molecular weight excluding hydrogens is 228 g/mol. The van der Waals surface area contributed by atoms with Crippen molar-refractivity contribution in [2.75, 3.05) is 27.2 Å². The van der Waals surface area contributed by atoms with E-state index in [2.05, 4.69) is 18.3 Å². The van der Waals surface area contributed by atoms with Crippen molar-refractivity contribution in [3.05, 3.63) is 29.3 Å². The quantitative estimate of drug-likeness (QED) is 0.862. The third kappa shape index (κ3) is 2.48. The molecule has 1 aromatic carbocycles. The normalized spacial score (nSPS) is 20.7. The van der Waals surface area contributed by atoms with Crippen molar-refractivity contribution in [2.24, 2.45) is 0 Å². The van der Waals surface area contributed by atoms with Crippen molar-refractivity contribution >= 4 is 5.91 Å². The van der Waals surface area contributed by atoms with Crippen molar-refractivity contribution in [2.45, 2.75) is 19.4 Å². The summed E-state index contributed by atoms with van der Waals surface area (Å²) in [5, 5.41) is 3.31. The van der Waals surface area contributed by atoms with E-state index in [1.54, 1.807) is 7.11 Å². The molecule has 18 heavy (non-hydrogen) atoms. The molecule has 0 spiro atoms. The van der Waals surface area contributed by atoms with Gasteiger partial charge < -0.3 is 15.0 Å². The van der Waals surface area contributed by atoms with Crippen LogP contribution >= 0.6 is 0 Å². The highest BCUT2D eigenvalue weighted by Gasteiger charge is 2.26. The van der Waals surface area contributed by atoms with Gasteiger partial charge in [-0.1, -0.05) is 17.7 Å². The first kappa shape index (κ1) is 12.9. The first-order chi connectivity index (χ1) is 8.63. The smallest absolute Gasteiger partial charge is 0.224 e. The van der Waals surface area contributed by atoms with Crippen LogP contribution in [-0.2, 0) is 4.79 Å². The molecule has 1 aromatic rings. The summed E-state index contributed by atoms with van der Waals surface area (Å²) in [6.07, 6.45) is 0.557. The Morgan fingerprint density at radius 2 is 2.22 bits per heavy atom. The zero-order valence-corrected chi connectivity index (χ0v) is 11.2. The predicted octanol–water partition coefficient (Wildman–Crippen LogP) is 1.50. The lowest BCUT2D eigenvalue weighted by molar-refractivity contribution is -0.131. The van der Waals surface area contributed by atoms with Gasteiger partial charge in [-0.05, 0) is 13.0 Å². The van der Waals surface area contributed by atoms with E-state index in [1.807, 2.05) is 24.1 Å². The van der Waals surface area contributed by atoms with Crippen LogP contribution in [0, 0.1) is 6.92 Å². The second-order valence-corrected chi connectivity index (χ2v) is 4.72. The molecule has 0 saturated carbocycles. The second kappa shape index (κ2) is 5.40. The number of likely N-dealkylation sites (N-methyl/N-ethyl adjacent to an activating group) is 1. The number of hydrogen-bond acceptors (Lipinski definition) is 3. The van der Waals surface area contributed by atoms with Gasteiger partial charge in [-0.3, -0.25) is 4.79 Å². The summed E-state index contributed by atoms with van der Waals surface area (Å²) in [4.78, 5) is 13.7. The fraction of sp³-hybridized carbons (Fsp3) is 0.500. The number of ether oxygens (including phenoxy) is 1. The summed E-state index contributed by atoms with van der Waals surface area (Å²) < 4.78 is 5.41. The van der Waals surface area contributed by atoms with Gasteiger partial charge in [0.15, 0.2) is 0 Å². The van der Waals surface area contributed by atoms with E-state index in [1.165, 1.54) is 5.56 Å². The van der Waals surface area contributed by atoms with E-state index < -0.39 is 0 Å². The molecule has 0 aromatic heterocycles. The molecular formula is C14H20N2O2. The lowest BCUT2D eigenvalue weighted by Gasteiger charge is -2.27. The topological polar surface area (TPSA) is 41.6 Å². The average Bonchev–Trinajstić information content (AvgIpc) is 2.53. The standard InChI is InChI=1S/C14H20N2O2/c1-10-4-5-13(18-3)11(8-10)12-9-15-7-6-14(17)16(12)2/h4-5,8,12,15H,6-7,9H2,1-3H3. The van der Waals surface area contributed by atoms with Crippen molar-refractivity contribution in [1.82, 2.24) is 10.2 Å². The molecule has 0 radical (unpaired) electrons. The minimum Gasteiger partial charge on any atom is -0.496 e. The fourth-order valence-electron chi connectivity index (χ4n) is 2.35. The third-order valence-corrected chi connectivity index (χ3v) is 3.46. The third-order valence-electron chi connectivity index (χ3n) is 3.46. The van der Waals surface area contributed by atoms with Crippen LogP contribution in [0.15, 0.2) is 18.2 Å². The van der Waals surface area contributed by atoms with Crippen LogP contribution in [0.1, 0.15) is 23.6 Å². The lowest BCUT2D eigenvalue weighted by Crippen LogP contribution is -2.32. The van der Waals surface area contributed by atoms with Gasteiger partial charge in [0.05, 0.1) is 13.2 Å². The molecule has 0 bridgehead atoms. The van der Waals surface area contributed by atoms with Crippen LogP contribution in [0.4, 0.5) is 0 Å². The molecule has 0 aliphatic carbocycles. The van der Waals surface area contributed by atoms with Crippen LogP contribution in [0.2, 0.25) is 0 Å². The zero-order valence-electron chi connectivity index (χ0n) is 11.2. The van der Waals surface area contributed by atoms with Gasteiger partial charge in [0.25, 0.3) is 0 Å². The van der Waals surface area contributed by atoms with E-state index in [0.717, 1.165) is 24.4 Å². The van der Waals surface area contributed by atoms with Crippen LogP contribution < -0.4 is 10.1 Å². The number of nitrogens with zero attached hydrogens (tertiary/aromatic N) is 1. The van der Waals surface area contributed by atoms with Crippen molar-refractivity contribution in [1.29, 1.82) is 0 Å². The van der Waals surface area contributed by atoms with Crippen LogP contribution in [0.5, 0.6) is 5.75 Å². The number of aryl methyl sites for hydroxylation is 1. The Morgan fingerprint density at radius 1 is 1.44 bits per heavy atom. The molecule has 1 heterocycles. The number of rotatable bonds is 2. The van der Waals surface area contributed by atoms with Gasteiger partial charge in [0, 0.05) is 32.1 Å². The number of hydrogen-bond donors (Lipinski definition) is 1. The Labute approximate surface area is 108 Å². The SMILES string of the molecule is COc1ccc(C)cc1C1CNCCC(=O)N1C. The lowest BCUT2D eigenvalue weighted by atomic mass is 10.0. The molecule has 1 fully saturated rings. The molecule has 1 unspecified atom stereocenters. The Morgan fingerprint density at radius 3 is 2.94 bits per heavy atom. The van der Waals surface area contributed by atoms with Gasteiger partial charge in [-0.25, -0.2) is 0 Å². The molecule has 1 aliphatic rings. The number of carbonyl (C=O) groups is 1. The molecule has 4 heteroatoms. The van der Waals surface area contributed by atoms with E-state index in [-0.39, 0.29) is 11.9 Å². The zero-order chi connectivity index (χ0) is 13.1. The maximum atomic E-state index is 11.9. The Hall–Kier alpha value is -1.55. The van der Waals surface area contributed by atoms with Crippen molar-refractivity contribution in [3.8, 4) is 5.75 Å². The predicted molar refractivity (Wildman–Crippen MR) is 70.7 cm³/mol. The van der Waals surface area contributed by atoms with Crippen LogP contribution in [-0.4, -0.2) is 38.1 Å². The molecule has 98 valence electrons. The Bertz CT molecular complexity index is 445. The second-order valence-electron chi connectivity index (χ2n) is 4.72.